The zero-order valence-corrected chi connectivity index (χ0v) is 20.7. The minimum atomic E-state index is -0.171. The van der Waals surface area contributed by atoms with E-state index in [0.717, 1.165) is 45.8 Å². The second kappa shape index (κ2) is 10.2. The topological polar surface area (TPSA) is 107 Å². The number of aromatic nitrogens is 4. The number of benzene rings is 1. The van der Waals surface area contributed by atoms with Crippen LogP contribution < -0.4 is 5.32 Å². The highest BCUT2D eigenvalue weighted by Crippen LogP contribution is 2.45. The van der Waals surface area contributed by atoms with E-state index in [9.17, 15) is 9.90 Å². The van der Waals surface area contributed by atoms with E-state index in [0.29, 0.717) is 16.7 Å². The third-order valence-electron chi connectivity index (χ3n) is 6.19. The molecule has 3 N–H and O–H groups in total. The molecular formula is C25H25ClN6O2S. The molecule has 0 saturated carbocycles. The number of thiophene rings is 1. The summed E-state index contributed by atoms with van der Waals surface area (Å²) in [5, 5.41) is 21.9. The minimum absolute atomic E-state index is 0.0638. The Bertz CT molecular complexity index is 1310. The highest BCUT2D eigenvalue weighted by atomic mass is 35.5. The number of halogens is 1. The molecule has 0 spiro atoms. The molecule has 0 aliphatic carbocycles. The van der Waals surface area contributed by atoms with Crippen LogP contribution >= 0.6 is 22.9 Å². The summed E-state index contributed by atoms with van der Waals surface area (Å²) in [6.07, 6.45) is 5.23. The number of hydrogen-bond acceptors (Lipinski definition) is 7. The first-order valence-corrected chi connectivity index (χ1v) is 12.6. The minimum Gasteiger partial charge on any atom is -0.395 e. The number of carbonyl (C=O) groups is 1. The molecule has 1 aromatic carbocycles. The lowest BCUT2D eigenvalue weighted by Gasteiger charge is -2.33. The van der Waals surface area contributed by atoms with Crippen molar-refractivity contribution in [2.45, 2.75) is 31.8 Å². The average Bonchev–Trinajstić information content (AvgIpc) is 3.61. The van der Waals surface area contributed by atoms with Crippen LogP contribution in [0.15, 0.2) is 55.0 Å². The molecule has 5 rings (SSSR count). The normalized spacial score (nSPS) is 16.9. The molecule has 35 heavy (non-hydrogen) atoms. The van der Waals surface area contributed by atoms with Gasteiger partial charge in [-0.15, -0.1) is 21.5 Å². The predicted molar refractivity (Wildman–Crippen MR) is 137 cm³/mol. The van der Waals surface area contributed by atoms with Gasteiger partial charge in [0.1, 0.15) is 12.1 Å². The monoisotopic (exact) mass is 508 g/mol. The van der Waals surface area contributed by atoms with Crippen molar-refractivity contribution in [3.63, 3.8) is 0 Å². The van der Waals surface area contributed by atoms with Gasteiger partial charge in [-0.05, 0) is 66.4 Å². The standard InChI is InChI=1S/C25H25ClN6O2S/c1-15(34)30-22-11-17(8-9-27-22)21-12-20(24(35-21)25-28-14-29-31-25)23(16-4-6-18(26)7-5-16)32-10-2-3-19(32)13-33/h4-9,11-12,14,19,23,33H,2-3,10,13H2,1H3,(H,27,30,34)(H,28,29,31). The lowest BCUT2D eigenvalue weighted by atomic mass is 9.95. The second-order valence-corrected chi connectivity index (χ2v) is 10.0. The highest BCUT2D eigenvalue weighted by Gasteiger charge is 2.35. The van der Waals surface area contributed by atoms with Gasteiger partial charge in [-0.25, -0.2) is 4.98 Å². The molecule has 1 aliphatic heterocycles. The van der Waals surface area contributed by atoms with Crippen LogP contribution in [0.1, 0.15) is 36.9 Å². The largest absolute Gasteiger partial charge is 0.395 e. The molecule has 1 amide bonds. The van der Waals surface area contributed by atoms with Crippen molar-refractivity contribution in [1.29, 1.82) is 0 Å². The van der Waals surface area contributed by atoms with Gasteiger partial charge in [0.2, 0.25) is 5.91 Å². The first kappa shape index (κ1) is 23.6. The Balaban J connectivity index is 1.66. The van der Waals surface area contributed by atoms with Crippen LogP contribution in [0.2, 0.25) is 5.02 Å². The molecule has 1 aliphatic rings. The maximum absolute atomic E-state index is 11.5. The van der Waals surface area contributed by atoms with E-state index >= 15 is 0 Å². The number of H-pyrrole nitrogens is 1. The van der Waals surface area contributed by atoms with Gasteiger partial charge in [-0.2, -0.15) is 0 Å². The Hall–Kier alpha value is -3.11. The summed E-state index contributed by atoms with van der Waals surface area (Å²) < 4.78 is 0. The van der Waals surface area contributed by atoms with E-state index < -0.39 is 0 Å². The predicted octanol–water partition coefficient (Wildman–Crippen LogP) is 4.75. The van der Waals surface area contributed by atoms with Crippen LogP contribution in [-0.2, 0) is 4.79 Å². The lowest BCUT2D eigenvalue weighted by Crippen LogP contribution is -2.36. The summed E-state index contributed by atoms with van der Waals surface area (Å²) >= 11 is 7.82. The van der Waals surface area contributed by atoms with Crippen LogP contribution in [-0.4, -0.2) is 55.3 Å². The number of pyridine rings is 1. The van der Waals surface area contributed by atoms with Crippen molar-refractivity contribution >= 4 is 34.7 Å². The number of aliphatic hydroxyl groups is 1. The molecule has 2 unspecified atom stereocenters. The number of nitrogens with one attached hydrogen (secondary N) is 2. The number of carbonyl (C=O) groups excluding carboxylic acids is 1. The molecule has 10 heteroatoms. The molecule has 0 radical (unpaired) electrons. The molecule has 1 fully saturated rings. The Labute approximate surface area is 212 Å². The van der Waals surface area contributed by atoms with Crippen molar-refractivity contribution in [3.8, 4) is 21.1 Å². The smallest absolute Gasteiger partial charge is 0.222 e. The van der Waals surface area contributed by atoms with E-state index in [4.69, 9.17) is 11.6 Å². The highest BCUT2D eigenvalue weighted by molar-refractivity contribution is 7.19. The molecule has 1 saturated heterocycles. The molecule has 2 atom stereocenters. The van der Waals surface area contributed by atoms with Gasteiger partial charge in [-0.3, -0.25) is 9.69 Å². The summed E-state index contributed by atoms with van der Waals surface area (Å²) in [6, 6.07) is 13.8. The summed E-state index contributed by atoms with van der Waals surface area (Å²) in [4.78, 5) is 23.3. The summed E-state index contributed by atoms with van der Waals surface area (Å²) in [5.41, 5.74) is 3.10. The van der Waals surface area contributed by atoms with Gasteiger partial charge >= 0.3 is 0 Å². The van der Waals surface area contributed by atoms with Crippen molar-refractivity contribution in [2.75, 3.05) is 18.5 Å². The quantitative estimate of drug-likeness (QED) is 0.332. The zero-order chi connectivity index (χ0) is 24.4. The maximum atomic E-state index is 11.5. The van der Waals surface area contributed by atoms with E-state index in [1.54, 1.807) is 23.9 Å². The Kier molecular flexibility index (Phi) is 6.92. The van der Waals surface area contributed by atoms with Gasteiger partial charge in [0, 0.05) is 29.1 Å². The third-order valence-corrected chi connectivity index (χ3v) is 7.65. The van der Waals surface area contributed by atoms with E-state index in [2.05, 4.69) is 36.4 Å². The maximum Gasteiger partial charge on any atom is 0.222 e. The van der Waals surface area contributed by atoms with Crippen LogP contribution in [0.25, 0.3) is 21.1 Å². The summed E-state index contributed by atoms with van der Waals surface area (Å²) in [7, 11) is 0. The molecular weight excluding hydrogens is 484 g/mol. The third kappa shape index (κ3) is 4.99. The van der Waals surface area contributed by atoms with Crippen LogP contribution in [0, 0.1) is 0 Å². The zero-order valence-electron chi connectivity index (χ0n) is 19.1. The average molecular weight is 509 g/mol. The molecule has 8 nitrogen and oxygen atoms in total. The van der Waals surface area contributed by atoms with Gasteiger partial charge in [0.25, 0.3) is 0 Å². The Morgan fingerprint density at radius 3 is 2.86 bits per heavy atom. The van der Waals surface area contributed by atoms with Crippen molar-refractivity contribution in [2.24, 2.45) is 0 Å². The van der Waals surface area contributed by atoms with Gasteiger partial charge < -0.3 is 15.4 Å². The number of aliphatic hydroxyl groups excluding tert-OH is 1. The Morgan fingerprint density at radius 1 is 1.31 bits per heavy atom. The summed E-state index contributed by atoms with van der Waals surface area (Å²) in [5.74, 6) is 1.02. The fourth-order valence-corrected chi connectivity index (χ4v) is 5.93. The fraction of sp³-hybridized carbons (Fsp3) is 0.280. The van der Waals surface area contributed by atoms with Crippen molar-refractivity contribution < 1.29 is 9.90 Å². The first-order valence-electron chi connectivity index (χ1n) is 11.4. The van der Waals surface area contributed by atoms with E-state index in [1.807, 2.05) is 36.4 Å². The molecule has 4 aromatic rings. The number of amides is 1. The summed E-state index contributed by atoms with van der Waals surface area (Å²) in [6.45, 7) is 2.44. The van der Waals surface area contributed by atoms with Crippen molar-refractivity contribution in [1.82, 2.24) is 25.1 Å². The number of aromatic amines is 1. The van der Waals surface area contributed by atoms with E-state index in [-0.39, 0.29) is 24.6 Å². The van der Waals surface area contributed by atoms with Gasteiger partial charge in [0.15, 0.2) is 5.82 Å². The number of rotatable bonds is 7. The number of likely N-dealkylation sites (tertiary alicyclic amines) is 1. The SMILES string of the molecule is CC(=O)Nc1cc(-c2cc(C(c3ccc(Cl)cc3)N3CCCC3CO)c(-c3nnc[nH]3)s2)ccn1. The van der Waals surface area contributed by atoms with Gasteiger partial charge in [0.05, 0.1) is 17.5 Å². The number of hydrogen-bond donors (Lipinski definition) is 3. The van der Waals surface area contributed by atoms with E-state index in [1.165, 1.54) is 6.92 Å². The fourth-order valence-electron chi connectivity index (χ4n) is 4.67. The number of anilines is 1. The van der Waals surface area contributed by atoms with Gasteiger partial charge in [-0.1, -0.05) is 23.7 Å². The molecule has 180 valence electrons. The van der Waals surface area contributed by atoms with Crippen LogP contribution in [0.5, 0.6) is 0 Å². The molecule has 3 aromatic heterocycles. The van der Waals surface area contributed by atoms with Crippen molar-refractivity contribution in [3.05, 3.63) is 71.1 Å². The van der Waals surface area contributed by atoms with Crippen LogP contribution in [0.4, 0.5) is 5.82 Å². The lowest BCUT2D eigenvalue weighted by molar-refractivity contribution is -0.114. The second-order valence-electron chi connectivity index (χ2n) is 8.51. The number of nitrogens with zero attached hydrogens (tertiary/aromatic N) is 4. The Morgan fingerprint density at radius 2 is 2.14 bits per heavy atom. The van der Waals surface area contributed by atoms with Crippen LogP contribution in [0.3, 0.4) is 0 Å². The molecule has 0 bridgehead atoms. The first-order chi connectivity index (χ1) is 17.0. The molecule has 4 heterocycles.